The summed E-state index contributed by atoms with van der Waals surface area (Å²) in [5.74, 6) is 0. The van der Waals surface area contributed by atoms with Gasteiger partial charge in [0.1, 0.15) is 0 Å². The first-order valence-corrected chi connectivity index (χ1v) is 6.17. The van der Waals surface area contributed by atoms with Crippen LogP contribution in [0, 0.1) is 11.7 Å². The molecule has 0 bridgehead atoms. The normalized spacial score (nSPS) is 15.1. The molecule has 0 unspecified atom stereocenters. The molecular weight excluding hydrogens is 216 g/mol. The molecule has 1 N–H and O–H groups in total. The van der Waals surface area contributed by atoms with E-state index in [9.17, 15) is 0 Å². The van der Waals surface area contributed by atoms with Crippen LogP contribution in [0.5, 0.6) is 0 Å². The number of nitrogens with zero attached hydrogens (tertiary/aromatic N) is 1. The number of nitrogens with one attached hydrogen (secondary N) is 1. The summed E-state index contributed by atoms with van der Waals surface area (Å²) in [6, 6.07) is 4.51. The number of aromatic amines is 1. The van der Waals surface area contributed by atoms with Crippen molar-refractivity contribution in [2.75, 3.05) is 0 Å². The van der Waals surface area contributed by atoms with Crippen LogP contribution in [0.25, 0.3) is 10.9 Å². The maximum Gasteiger partial charge on any atom is 0.197 e. The van der Waals surface area contributed by atoms with E-state index >= 15 is 0 Å². The van der Waals surface area contributed by atoms with Crippen molar-refractivity contribution < 1.29 is 0 Å². The van der Waals surface area contributed by atoms with Crippen LogP contribution in [0.15, 0.2) is 12.1 Å². The average Bonchev–Trinajstić information content (AvgIpc) is 2.27. The Balaban J connectivity index is 2.35. The number of hydrogen-bond donors (Lipinski definition) is 1. The highest BCUT2D eigenvalue weighted by Gasteiger charge is 2.11. The molecule has 2 nitrogen and oxygen atoms in total. The molecule has 82 valence electrons. The Labute approximate surface area is 99.7 Å². The van der Waals surface area contributed by atoms with E-state index in [4.69, 9.17) is 12.2 Å². The predicted molar refractivity (Wildman–Crippen MR) is 68.3 cm³/mol. The number of hydrogen-bond acceptors (Lipinski definition) is 2. The van der Waals surface area contributed by atoms with E-state index in [0.717, 1.165) is 11.2 Å². The standard InChI is InChI=1S/C13H14N2S/c1-8-11-6-9-4-2-3-5-10(9)7-12(11)15-13(16)14-8/h6-7H,2-5H2,1H3,(H,14,15,16). The lowest BCUT2D eigenvalue weighted by Crippen LogP contribution is -2.03. The molecule has 1 aliphatic rings. The second kappa shape index (κ2) is 3.67. The Morgan fingerprint density at radius 3 is 2.62 bits per heavy atom. The zero-order valence-electron chi connectivity index (χ0n) is 9.34. The van der Waals surface area contributed by atoms with Crippen LogP contribution in [-0.4, -0.2) is 9.97 Å². The first-order valence-electron chi connectivity index (χ1n) is 5.76. The van der Waals surface area contributed by atoms with Crippen LogP contribution in [-0.2, 0) is 12.8 Å². The minimum atomic E-state index is 0.584. The summed E-state index contributed by atoms with van der Waals surface area (Å²) >= 11 is 5.12. The number of fused-ring (bicyclic) bond motifs is 2. The fourth-order valence-electron chi connectivity index (χ4n) is 2.53. The smallest absolute Gasteiger partial charge is 0.197 e. The fourth-order valence-corrected chi connectivity index (χ4v) is 2.78. The Morgan fingerprint density at radius 2 is 1.88 bits per heavy atom. The van der Waals surface area contributed by atoms with Gasteiger partial charge < -0.3 is 4.98 Å². The number of rotatable bonds is 0. The van der Waals surface area contributed by atoms with Crippen LogP contribution < -0.4 is 0 Å². The molecule has 0 radical (unpaired) electrons. The number of benzene rings is 1. The van der Waals surface area contributed by atoms with Crippen LogP contribution in [0.4, 0.5) is 0 Å². The molecule has 1 aromatic heterocycles. The molecule has 16 heavy (non-hydrogen) atoms. The summed E-state index contributed by atoms with van der Waals surface area (Å²) in [6.45, 7) is 2.06. The van der Waals surface area contributed by atoms with Gasteiger partial charge in [-0.1, -0.05) is 0 Å². The lowest BCUT2D eigenvalue weighted by atomic mass is 9.90. The molecule has 0 spiro atoms. The summed E-state index contributed by atoms with van der Waals surface area (Å²) < 4.78 is 0.584. The SMILES string of the molecule is Cc1[nH]c(=S)nc2cc3c(cc12)CCCC3. The van der Waals surface area contributed by atoms with Gasteiger partial charge in [-0.05, 0) is 68.1 Å². The summed E-state index contributed by atoms with van der Waals surface area (Å²) in [5, 5.41) is 1.22. The molecular formula is C13H14N2S. The highest BCUT2D eigenvalue weighted by Crippen LogP contribution is 2.26. The maximum atomic E-state index is 5.12. The van der Waals surface area contributed by atoms with Gasteiger partial charge in [-0.25, -0.2) is 4.98 Å². The third-order valence-electron chi connectivity index (χ3n) is 3.38. The molecule has 1 aliphatic carbocycles. The minimum absolute atomic E-state index is 0.584. The van der Waals surface area contributed by atoms with Gasteiger partial charge in [0.15, 0.2) is 4.77 Å². The molecule has 3 heteroatoms. The highest BCUT2D eigenvalue weighted by molar-refractivity contribution is 7.71. The molecule has 0 fully saturated rings. The maximum absolute atomic E-state index is 5.12. The van der Waals surface area contributed by atoms with E-state index in [2.05, 4.69) is 29.0 Å². The van der Waals surface area contributed by atoms with E-state index in [-0.39, 0.29) is 0 Å². The lowest BCUT2D eigenvalue weighted by molar-refractivity contribution is 0.686. The Hall–Kier alpha value is -1.22. The third kappa shape index (κ3) is 1.55. The summed E-state index contributed by atoms with van der Waals surface area (Å²) in [6.07, 6.45) is 5.02. The van der Waals surface area contributed by atoms with E-state index in [1.54, 1.807) is 0 Å². The number of aryl methyl sites for hydroxylation is 3. The first kappa shape index (κ1) is 9.97. The van der Waals surface area contributed by atoms with Gasteiger partial charge in [0, 0.05) is 11.1 Å². The van der Waals surface area contributed by atoms with Crippen LogP contribution >= 0.6 is 12.2 Å². The van der Waals surface area contributed by atoms with Gasteiger partial charge in [0.25, 0.3) is 0 Å². The van der Waals surface area contributed by atoms with Gasteiger partial charge >= 0.3 is 0 Å². The Morgan fingerprint density at radius 1 is 1.19 bits per heavy atom. The molecule has 0 atom stereocenters. The number of H-pyrrole nitrogens is 1. The van der Waals surface area contributed by atoms with Gasteiger partial charge in [-0.3, -0.25) is 0 Å². The molecule has 2 aromatic rings. The van der Waals surface area contributed by atoms with Gasteiger partial charge in [-0.2, -0.15) is 0 Å². The van der Waals surface area contributed by atoms with Crippen molar-refractivity contribution in [1.82, 2.24) is 9.97 Å². The largest absolute Gasteiger partial charge is 0.334 e. The number of aromatic nitrogens is 2. The lowest BCUT2D eigenvalue weighted by Gasteiger charge is -2.16. The summed E-state index contributed by atoms with van der Waals surface area (Å²) in [5.41, 5.74) is 5.13. The summed E-state index contributed by atoms with van der Waals surface area (Å²) in [7, 11) is 0. The molecule has 1 aromatic carbocycles. The molecule has 0 amide bonds. The van der Waals surface area contributed by atoms with Crippen molar-refractivity contribution in [1.29, 1.82) is 0 Å². The van der Waals surface area contributed by atoms with Crippen molar-refractivity contribution in [2.24, 2.45) is 0 Å². The topological polar surface area (TPSA) is 28.7 Å². The molecule has 0 saturated carbocycles. The van der Waals surface area contributed by atoms with Crippen molar-refractivity contribution in [2.45, 2.75) is 32.6 Å². The first-order chi connectivity index (χ1) is 7.74. The van der Waals surface area contributed by atoms with Gasteiger partial charge in [-0.15, -0.1) is 0 Å². The Bertz CT molecular complexity index is 613. The fraction of sp³-hybridized carbons (Fsp3) is 0.385. The third-order valence-corrected chi connectivity index (χ3v) is 3.57. The molecule has 1 heterocycles. The van der Waals surface area contributed by atoms with Crippen LogP contribution in [0.2, 0.25) is 0 Å². The Kier molecular flexibility index (Phi) is 2.28. The second-order valence-corrected chi connectivity index (χ2v) is 4.90. The highest BCUT2D eigenvalue weighted by atomic mass is 32.1. The van der Waals surface area contributed by atoms with Gasteiger partial charge in [0.2, 0.25) is 0 Å². The van der Waals surface area contributed by atoms with Crippen molar-refractivity contribution in [3.8, 4) is 0 Å². The monoisotopic (exact) mass is 230 g/mol. The summed E-state index contributed by atoms with van der Waals surface area (Å²) in [4.78, 5) is 7.53. The zero-order chi connectivity index (χ0) is 11.1. The van der Waals surface area contributed by atoms with E-state index in [1.807, 2.05) is 0 Å². The molecule has 0 aliphatic heterocycles. The van der Waals surface area contributed by atoms with Crippen molar-refractivity contribution >= 4 is 23.1 Å². The van der Waals surface area contributed by atoms with E-state index in [1.165, 1.54) is 42.2 Å². The van der Waals surface area contributed by atoms with Crippen molar-refractivity contribution in [3.63, 3.8) is 0 Å². The average molecular weight is 230 g/mol. The zero-order valence-corrected chi connectivity index (χ0v) is 10.2. The van der Waals surface area contributed by atoms with Crippen molar-refractivity contribution in [3.05, 3.63) is 33.7 Å². The van der Waals surface area contributed by atoms with Crippen LogP contribution in [0.3, 0.4) is 0 Å². The molecule has 3 rings (SSSR count). The van der Waals surface area contributed by atoms with Crippen LogP contribution in [0.1, 0.15) is 29.7 Å². The van der Waals surface area contributed by atoms with E-state index < -0.39 is 0 Å². The molecule has 0 saturated heterocycles. The predicted octanol–water partition coefficient (Wildman–Crippen LogP) is 3.48. The minimum Gasteiger partial charge on any atom is -0.334 e. The quantitative estimate of drug-likeness (QED) is 0.702. The van der Waals surface area contributed by atoms with E-state index in [0.29, 0.717) is 4.77 Å². The van der Waals surface area contributed by atoms with Gasteiger partial charge in [0.05, 0.1) is 5.52 Å². The second-order valence-electron chi connectivity index (χ2n) is 4.51.